The van der Waals surface area contributed by atoms with Gasteiger partial charge in [0, 0.05) is 18.1 Å². The molecular formula is C12H12ClF3N2O. The molecule has 0 saturated carbocycles. The Bertz CT molecular complexity index is 461. The molecule has 0 heterocycles. The van der Waals surface area contributed by atoms with Crippen LogP contribution in [-0.2, 0) is 6.18 Å². The molecule has 0 aliphatic rings. The Labute approximate surface area is 113 Å². The molecule has 2 N–H and O–H groups in total. The second kappa shape index (κ2) is 7.04. The van der Waals surface area contributed by atoms with Crippen LogP contribution >= 0.6 is 11.6 Å². The minimum absolute atomic E-state index is 0.0775. The first-order valence-electron chi connectivity index (χ1n) is 5.36. The van der Waals surface area contributed by atoms with Crippen molar-refractivity contribution in [1.29, 1.82) is 0 Å². The number of hydrogen-bond acceptors (Lipinski definition) is 1. The zero-order chi connectivity index (χ0) is 14.3. The number of alkyl halides is 4. The van der Waals surface area contributed by atoms with Gasteiger partial charge in [-0.1, -0.05) is 18.2 Å². The maximum absolute atomic E-state index is 12.4. The van der Waals surface area contributed by atoms with E-state index in [0.29, 0.717) is 5.88 Å². The van der Waals surface area contributed by atoms with Gasteiger partial charge in [0.1, 0.15) is 0 Å². The minimum Gasteiger partial charge on any atom is -0.334 e. The Morgan fingerprint density at radius 2 is 2.05 bits per heavy atom. The molecule has 7 heteroatoms. The lowest BCUT2D eigenvalue weighted by molar-refractivity contribution is -0.137. The van der Waals surface area contributed by atoms with Crippen molar-refractivity contribution in [2.75, 3.05) is 17.7 Å². The highest BCUT2D eigenvalue weighted by Crippen LogP contribution is 2.30. The maximum atomic E-state index is 12.4. The van der Waals surface area contributed by atoms with Gasteiger partial charge in [0.05, 0.1) is 5.56 Å². The highest BCUT2D eigenvalue weighted by Gasteiger charge is 2.30. The van der Waals surface area contributed by atoms with Crippen molar-refractivity contribution in [2.45, 2.75) is 6.18 Å². The van der Waals surface area contributed by atoms with Crippen molar-refractivity contribution in [3.05, 3.63) is 42.0 Å². The molecule has 1 aromatic carbocycles. The van der Waals surface area contributed by atoms with Gasteiger partial charge in [-0.05, 0) is 18.2 Å². The van der Waals surface area contributed by atoms with Gasteiger partial charge in [-0.2, -0.15) is 13.2 Å². The second-order valence-electron chi connectivity index (χ2n) is 3.54. The molecule has 104 valence electrons. The lowest BCUT2D eigenvalue weighted by atomic mass is 10.2. The van der Waals surface area contributed by atoms with Crippen molar-refractivity contribution in [3.63, 3.8) is 0 Å². The van der Waals surface area contributed by atoms with Gasteiger partial charge in [-0.15, -0.1) is 11.6 Å². The number of urea groups is 1. The van der Waals surface area contributed by atoms with E-state index in [4.69, 9.17) is 11.6 Å². The van der Waals surface area contributed by atoms with Gasteiger partial charge in [0.25, 0.3) is 0 Å². The van der Waals surface area contributed by atoms with Crippen LogP contribution in [0.3, 0.4) is 0 Å². The first-order chi connectivity index (χ1) is 8.93. The van der Waals surface area contributed by atoms with E-state index in [1.807, 2.05) is 0 Å². The summed E-state index contributed by atoms with van der Waals surface area (Å²) in [4.78, 5) is 11.4. The largest absolute Gasteiger partial charge is 0.416 e. The molecule has 0 atom stereocenters. The van der Waals surface area contributed by atoms with Gasteiger partial charge in [-0.25, -0.2) is 4.79 Å². The summed E-state index contributed by atoms with van der Waals surface area (Å²) < 4.78 is 37.3. The van der Waals surface area contributed by atoms with Gasteiger partial charge in [-0.3, -0.25) is 0 Å². The molecule has 0 bridgehead atoms. The molecule has 0 spiro atoms. The van der Waals surface area contributed by atoms with E-state index in [-0.39, 0.29) is 12.2 Å². The van der Waals surface area contributed by atoms with Crippen LogP contribution in [0.5, 0.6) is 0 Å². The Morgan fingerprint density at radius 1 is 1.32 bits per heavy atom. The average molecular weight is 293 g/mol. The standard InChI is InChI=1S/C12H12ClF3N2O/c13-6-1-2-7-17-11(19)18-10-5-3-4-9(8-10)12(14,15)16/h1-5,8H,6-7H2,(H2,17,18,19)/b2-1+. The fourth-order valence-corrected chi connectivity index (χ4v) is 1.37. The maximum Gasteiger partial charge on any atom is 0.416 e. The van der Waals surface area contributed by atoms with E-state index in [0.717, 1.165) is 12.1 Å². The number of amides is 2. The molecule has 1 rings (SSSR count). The van der Waals surface area contributed by atoms with Crippen LogP contribution in [-0.4, -0.2) is 18.5 Å². The van der Waals surface area contributed by atoms with Crippen molar-refractivity contribution in [2.24, 2.45) is 0 Å². The number of hydrogen-bond donors (Lipinski definition) is 2. The third kappa shape index (κ3) is 5.65. The van der Waals surface area contributed by atoms with Crippen LogP contribution in [0.1, 0.15) is 5.56 Å². The predicted octanol–water partition coefficient (Wildman–Crippen LogP) is 3.62. The summed E-state index contributed by atoms with van der Waals surface area (Å²) in [5, 5.41) is 4.76. The van der Waals surface area contributed by atoms with Crippen molar-refractivity contribution < 1.29 is 18.0 Å². The Kier molecular flexibility index (Phi) is 5.69. The van der Waals surface area contributed by atoms with E-state index in [9.17, 15) is 18.0 Å². The first-order valence-corrected chi connectivity index (χ1v) is 5.90. The van der Waals surface area contributed by atoms with Crippen molar-refractivity contribution in [1.82, 2.24) is 5.32 Å². The van der Waals surface area contributed by atoms with Crippen LogP contribution in [0.4, 0.5) is 23.7 Å². The number of nitrogens with one attached hydrogen (secondary N) is 2. The highest BCUT2D eigenvalue weighted by atomic mass is 35.5. The summed E-state index contributed by atoms with van der Waals surface area (Å²) in [5.41, 5.74) is -0.735. The smallest absolute Gasteiger partial charge is 0.334 e. The second-order valence-corrected chi connectivity index (χ2v) is 3.85. The quantitative estimate of drug-likeness (QED) is 0.646. The Hall–Kier alpha value is -1.69. The first kappa shape index (κ1) is 15.4. The molecule has 1 aromatic rings. The number of carbonyl (C=O) groups is 1. The van der Waals surface area contributed by atoms with Crippen LogP contribution < -0.4 is 10.6 Å². The molecule has 0 unspecified atom stereocenters. The molecule has 2 amide bonds. The van der Waals surface area contributed by atoms with Gasteiger partial charge < -0.3 is 10.6 Å². The summed E-state index contributed by atoms with van der Waals surface area (Å²) in [6, 6.07) is 3.83. The molecule has 0 aromatic heterocycles. The zero-order valence-corrected chi connectivity index (χ0v) is 10.6. The monoisotopic (exact) mass is 292 g/mol. The predicted molar refractivity (Wildman–Crippen MR) is 68.3 cm³/mol. The number of rotatable bonds is 4. The number of allylic oxidation sites excluding steroid dienone is 1. The molecule has 0 radical (unpaired) electrons. The molecule has 0 aliphatic carbocycles. The SMILES string of the molecule is O=C(NC/C=C/CCl)Nc1cccc(C(F)(F)F)c1. The van der Waals surface area contributed by atoms with Crippen molar-refractivity contribution in [3.8, 4) is 0 Å². The van der Waals surface area contributed by atoms with Gasteiger partial charge in [0.2, 0.25) is 0 Å². The summed E-state index contributed by atoms with van der Waals surface area (Å²) in [5.74, 6) is 0.330. The fourth-order valence-electron chi connectivity index (χ4n) is 1.25. The van der Waals surface area contributed by atoms with Crippen LogP contribution in [0, 0.1) is 0 Å². The Morgan fingerprint density at radius 3 is 2.68 bits per heavy atom. The molecule has 3 nitrogen and oxygen atoms in total. The third-order valence-corrected chi connectivity index (χ3v) is 2.26. The molecule has 0 aliphatic heterocycles. The van der Waals surface area contributed by atoms with Crippen molar-refractivity contribution >= 4 is 23.3 Å². The zero-order valence-electron chi connectivity index (χ0n) is 9.80. The van der Waals surface area contributed by atoms with Gasteiger partial charge >= 0.3 is 12.2 Å². The number of carbonyl (C=O) groups excluding carboxylic acids is 1. The third-order valence-electron chi connectivity index (χ3n) is 2.08. The van der Waals surface area contributed by atoms with Gasteiger partial charge in [0.15, 0.2) is 0 Å². The van der Waals surface area contributed by atoms with E-state index in [1.54, 1.807) is 12.2 Å². The lowest BCUT2D eigenvalue weighted by Gasteiger charge is -2.10. The molecule has 0 fully saturated rings. The lowest BCUT2D eigenvalue weighted by Crippen LogP contribution is -2.28. The number of halogens is 4. The number of benzene rings is 1. The van der Waals surface area contributed by atoms with Crippen LogP contribution in [0.15, 0.2) is 36.4 Å². The Balaban J connectivity index is 2.57. The van der Waals surface area contributed by atoms with E-state index in [2.05, 4.69) is 10.6 Å². The summed E-state index contributed by atoms with van der Waals surface area (Å²) in [7, 11) is 0. The normalized spacial score (nSPS) is 11.6. The van der Waals surface area contributed by atoms with E-state index in [1.165, 1.54) is 12.1 Å². The topological polar surface area (TPSA) is 41.1 Å². The molecule has 19 heavy (non-hydrogen) atoms. The van der Waals surface area contributed by atoms with E-state index < -0.39 is 17.8 Å². The minimum atomic E-state index is -4.43. The molecule has 0 saturated heterocycles. The van der Waals surface area contributed by atoms with Crippen LogP contribution in [0.2, 0.25) is 0 Å². The van der Waals surface area contributed by atoms with E-state index >= 15 is 0 Å². The average Bonchev–Trinajstić information content (AvgIpc) is 2.34. The summed E-state index contributed by atoms with van der Waals surface area (Å²) in [6.07, 6.45) is -1.15. The van der Waals surface area contributed by atoms with Crippen LogP contribution in [0.25, 0.3) is 0 Å². The number of anilines is 1. The fraction of sp³-hybridized carbons (Fsp3) is 0.250. The molecular weight excluding hydrogens is 281 g/mol. The highest BCUT2D eigenvalue weighted by molar-refractivity contribution is 6.18. The summed E-state index contributed by atoms with van der Waals surface area (Å²) in [6.45, 7) is 0.248. The summed E-state index contributed by atoms with van der Waals surface area (Å²) >= 11 is 5.39.